The highest BCUT2D eigenvalue weighted by Crippen LogP contribution is 2.29. The van der Waals surface area contributed by atoms with Crippen molar-refractivity contribution in [2.75, 3.05) is 42.7 Å². The van der Waals surface area contributed by atoms with Crippen molar-refractivity contribution in [1.82, 2.24) is 19.7 Å². The predicted molar refractivity (Wildman–Crippen MR) is 133 cm³/mol. The first-order chi connectivity index (χ1) is 17.5. The van der Waals surface area contributed by atoms with E-state index in [1.165, 1.54) is 12.4 Å². The maximum atomic E-state index is 13.7. The smallest absolute Gasteiger partial charge is 0.420 e. The van der Waals surface area contributed by atoms with Crippen molar-refractivity contribution in [3.63, 3.8) is 0 Å². The van der Waals surface area contributed by atoms with Crippen LogP contribution in [0.4, 0.5) is 16.3 Å². The highest BCUT2D eigenvalue weighted by atomic mass is 16.5. The van der Waals surface area contributed by atoms with Crippen LogP contribution in [0.15, 0.2) is 68.0 Å². The van der Waals surface area contributed by atoms with Crippen molar-refractivity contribution in [2.24, 2.45) is 0 Å². The number of ether oxygens (including phenoxy) is 2. The molecule has 4 rings (SSSR count). The Morgan fingerprint density at radius 1 is 1.17 bits per heavy atom. The Labute approximate surface area is 207 Å². The first-order valence-electron chi connectivity index (χ1n) is 11.3. The third kappa shape index (κ3) is 5.26. The summed E-state index contributed by atoms with van der Waals surface area (Å²) in [5, 5.41) is 18.0. The number of carboxylic acid groups (broad SMARTS) is 1. The lowest BCUT2D eigenvalue weighted by atomic mass is 10.1. The summed E-state index contributed by atoms with van der Waals surface area (Å²) in [6.07, 6.45) is 3.26. The number of pyridine rings is 1. The number of allylic oxidation sites excluding steroid dienone is 1. The Morgan fingerprint density at radius 3 is 2.69 bits per heavy atom. The molecule has 1 aliphatic rings. The van der Waals surface area contributed by atoms with Crippen LogP contribution in [-0.4, -0.2) is 69.8 Å². The van der Waals surface area contributed by atoms with Gasteiger partial charge in [0.1, 0.15) is 30.2 Å². The number of nitrogens with zero attached hydrogens (tertiary/aromatic N) is 6. The normalized spacial score (nSPS) is 13.2. The van der Waals surface area contributed by atoms with E-state index in [0.29, 0.717) is 49.3 Å². The van der Waals surface area contributed by atoms with E-state index < -0.39 is 12.0 Å². The lowest BCUT2D eigenvalue weighted by Crippen LogP contribution is -2.38. The van der Waals surface area contributed by atoms with Gasteiger partial charge in [0.15, 0.2) is 5.82 Å². The fraction of sp³-hybridized carbons (Fsp3) is 0.240. The summed E-state index contributed by atoms with van der Waals surface area (Å²) >= 11 is 0. The van der Waals surface area contributed by atoms with E-state index in [4.69, 9.17) is 9.47 Å². The fourth-order valence-corrected chi connectivity index (χ4v) is 3.79. The molecule has 0 aliphatic carbocycles. The molecule has 0 bridgehead atoms. The Bertz CT molecular complexity index is 1270. The number of aromatic nitrogens is 4. The SMILES string of the molecule is C=CCOc1ccc(N2CCOCC2)cc1C(=O)N(C(=O)O)c1cccc(-c2nncn2CC=C)n1. The van der Waals surface area contributed by atoms with E-state index in [1.807, 2.05) is 6.07 Å². The van der Waals surface area contributed by atoms with Crippen molar-refractivity contribution >= 4 is 23.5 Å². The molecule has 11 heteroatoms. The van der Waals surface area contributed by atoms with E-state index >= 15 is 0 Å². The summed E-state index contributed by atoms with van der Waals surface area (Å²) in [6, 6.07) is 9.83. The molecule has 3 heterocycles. The maximum Gasteiger partial charge on any atom is 0.420 e. The summed E-state index contributed by atoms with van der Waals surface area (Å²) in [5.41, 5.74) is 1.21. The zero-order valence-electron chi connectivity index (χ0n) is 19.6. The summed E-state index contributed by atoms with van der Waals surface area (Å²) < 4.78 is 12.8. The van der Waals surface area contributed by atoms with Gasteiger partial charge in [-0.1, -0.05) is 24.8 Å². The van der Waals surface area contributed by atoms with Gasteiger partial charge in [-0.25, -0.2) is 9.78 Å². The van der Waals surface area contributed by atoms with Gasteiger partial charge in [-0.2, -0.15) is 4.90 Å². The lowest BCUT2D eigenvalue weighted by Gasteiger charge is -2.29. The maximum absolute atomic E-state index is 13.7. The van der Waals surface area contributed by atoms with Gasteiger partial charge in [0.05, 0.1) is 18.8 Å². The zero-order chi connectivity index (χ0) is 25.5. The van der Waals surface area contributed by atoms with E-state index in [0.717, 1.165) is 5.69 Å². The Kier molecular flexibility index (Phi) is 7.71. The van der Waals surface area contributed by atoms with Crippen LogP contribution in [0.1, 0.15) is 10.4 Å². The summed E-state index contributed by atoms with van der Waals surface area (Å²) in [5.74, 6) is -0.220. The third-order valence-corrected chi connectivity index (χ3v) is 5.45. The van der Waals surface area contributed by atoms with Gasteiger partial charge in [0.2, 0.25) is 0 Å². The van der Waals surface area contributed by atoms with Crippen LogP contribution in [0.25, 0.3) is 11.5 Å². The van der Waals surface area contributed by atoms with Gasteiger partial charge in [-0.3, -0.25) is 4.79 Å². The molecule has 0 atom stereocenters. The average molecular weight is 491 g/mol. The molecule has 2 aromatic heterocycles. The van der Waals surface area contributed by atoms with Crippen molar-refractivity contribution < 1.29 is 24.2 Å². The van der Waals surface area contributed by atoms with Crippen molar-refractivity contribution in [3.8, 4) is 17.3 Å². The van der Waals surface area contributed by atoms with E-state index in [9.17, 15) is 14.7 Å². The molecule has 2 amide bonds. The average Bonchev–Trinajstić information content (AvgIpc) is 3.36. The van der Waals surface area contributed by atoms with Gasteiger partial charge in [0.25, 0.3) is 5.91 Å². The molecular formula is C25H26N6O5. The molecule has 3 aromatic rings. The molecule has 11 nitrogen and oxygen atoms in total. The number of carbonyl (C=O) groups excluding carboxylic acids is 1. The van der Waals surface area contributed by atoms with Crippen LogP contribution < -0.4 is 14.5 Å². The molecule has 0 radical (unpaired) electrons. The van der Waals surface area contributed by atoms with Gasteiger partial charge in [-0.05, 0) is 30.3 Å². The summed E-state index contributed by atoms with van der Waals surface area (Å²) in [4.78, 5) is 33.1. The van der Waals surface area contributed by atoms with Gasteiger partial charge < -0.3 is 24.0 Å². The minimum absolute atomic E-state index is 0.0791. The van der Waals surface area contributed by atoms with E-state index in [-0.39, 0.29) is 23.7 Å². The number of imide groups is 1. The number of hydrogen-bond donors (Lipinski definition) is 1. The quantitative estimate of drug-likeness (QED) is 0.450. The Hall–Kier alpha value is -4.51. The highest BCUT2D eigenvalue weighted by molar-refractivity contribution is 6.19. The number of anilines is 2. The van der Waals surface area contributed by atoms with Gasteiger partial charge in [-0.15, -0.1) is 16.8 Å². The Morgan fingerprint density at radius 2 is 1.97 bits per heavy atom. The van der Waals surface area contributed by atoms with E-state index in [1.54, 1.807) is 41.0 Å². The molecule has 36 heavy (non-hydrogen) atoms. The molecule has 1 fully saturated rings. The molecule has 186 valence electrons. The zero-order valence-corrected chi connectivity index (χ0v) is 19.6. The summed E-state index contributed by atoms with van der Waals surface area (Å²) in [7, 11) is 0. The van der Waals surface area contributed by atoms with Crippen LogP contribution in [0.2, 0.25) is 0 Å². The van der Waals surface area contributed by atoms with Crippen LogP contribution in [0.3, 0.4) is 0 Å². The minimum Gasteiger partial charge on any atom is -0.489 e. The molecule has 0 spiro atoms. The minimum atomic E-state index is -1.48. The lowest BCUT2D eigenvalue weighted by molar-refractivity contribution is 0.0979. The highest BCUT2D eigenvalue weighted by Gasteiger charge is 2.29. The first-order valence-corrected chi connectivity index (χ1v) is 11.3. The van der Waals surface area contributed by atoms with Crippen LogP contribution in [-0.2, 0) is 11.3 Å². The summed E-state index contributed by atoms with van der Waals surface area (Å²) in [6.45, 7) is 10.4. The molecule has 1 saturated heterocycles. The fourth-order valence-electron chi connectivity index (χ4n) is 3.79. The van der Waals surface area contributed by atoms with Crippen LogP contribution in [0.5, 0.6) is 5.75 Å². The van der Waals surface area contributed by atoms with Crippen LogP contribution >= 0.6 is 0 Å². The second kappa shape index (κ2) is 11.3. The molecule has 1 N–H and O–H groups in total. The third-order valence-electron chi connectivity index (χ3n) is 5.45. The number of rotatable bonds is 9. The molecular weight excluding hydrogens is 464 g/mol. The van der Waals surface area contributed by atoms with E-state index in [2.05, 4.69) is 33.2 Å². The van der Waals surface area contributed by atoms with Crippen molar-refractivity contribution in [1.29, 1.82) is 0 Å². The predicted octanol–water partition coefficient (Wildman–Crippen LogP) is 3.25. The molecule has 0 unspecified atom stereocenters. The molecule has 1 aromatic carbocycles. The molecule has 0 saturated carbocycles. The number of morpholine rings is 1. The monoisotopic (exact) mass is 490 g/mol. The number of carbonyl (C=O) groups is 2. The number of amides is 2. The van der Waals surface area contributed by atoms with Gasteiger partial charge in [0, 0.05) is 25.3 Å². The van der Waals surface area contributed by atoms with Crippen molar-refractivity contribution in [3.05, 3.63) is 73.6 Å². The number of hydrogen-bond acceptors (Lipinski definition) is 8. The standard InChI is InChI=1S/C25H26N6O5/c1-3-10-30-17-26-28-23(30)20-6-5-7-22(27-20)31(25(33)34)24(32)19-16-18(29-11-14-35-15-12-29)8-9-21(19)36-13-4-2/h3-9,16-17H,1-2,10-15H2,(H,33,34). The first kappa shape index (κ1) is 24.6. The second-order valence-electron chi connectivity index (χ2n) is 7.78. The second-order valence-corrected chi connectivity index (χ2v) is 7.78. The number of benzene rings is 1. The van der Waals surface area contributed by atoms with Crippen molar-refractivity contribution in [2.45, 2.75) is 6.54 Å². The van der Waals surface area contributed by atoms with Gasteiger partial charge >= 0.3 is 6.09 Å². The van der Waals surface area contributed by atoms with Crippen LogP contribution in [0, 0.1) is 0 Å². The Balaban J connectivity index is 1.73. The molecule has 1 aliphatic heterocycles. The largest absolute Gasteiger partial charge is 0.489 e. The topological polar surface area (TPSA) is 123 Å².